The lowest BCUT2D eigenvalue weighted by Gasteiger charge is -2.10. The Morgan fingerprint density at radius 3 is 2.57 bits per heavy atom. The van der Waals surface area contributed by atoms with Gasteiger partial charge in [0, 0.05) is 24.4 Å². The first-order valence-electron chi connectivity index (χ1n) is 7.73. The quantitative estimate of drug-likeness (QED) is 0.312. The van der Waals surface area contributed by atoms with Crippen molar-refractivity contribution in [2.75, 3.05) is 24.9 Å². The van der Waals surface area contributed by atoms with Gasteiger partial charge in [0.25, 0.3) is 11.6 Å². The number of carbonyl (C=O) groups excluding carboxylic acids is 1. The molecule has 0 fully saturated rings. The fourth-order valence-corrected chi connectivity index (χ4v) is 2.29. The molecule has 0 bridgehead atoms. The van der Waals surface area contributed by atoms with Crippen LogP contribution in [-0.4, -0.2) is 25.1 Å². The van der Waals surface area contributed by atoms with E-state index in [2.05, 4.69) is 10.6 Å². The molecule has 2 rings (SSSR count). The summed E-state index contributed by atoms with van der Waals surface area (Å²) in [6, 6.07) is 10.3. The molecule has 9 nitrogen and oxygen atoms in total. The number of hydrogen-bond acceptors (Lipinski definition) is 7. The monoisotopic (exact) mass is 402 g/mol. The molecular weight excluding hydrogens is 388 g/mol. The zero-order valence-electron chi connectivity index (χ0n) is 14.9. The van der Waals surface area contributed by atoms with Gasteiger partial charge in [-0.1, -0.05) is 11.6 Å². The Morgan fingerprint density at radius 2 is 1.96 bits per heavy atom. The van der Waals surface area contributed by atoms with Gasteiger partial charge in [-0.2, -0.15) is 5.26 Å². The first-order chi connectivity index (χ1) is 13.4. The van der Waals surface area contributed by atoms with Crippen molar-refractivity contribution in [3.05, 3.63) is 63.3 Å². The molecule has 0 unspecified atom stereocenters. The summed E-state index contributed by atoms with van der Waals surface area (Å²) in [6.07, 6.45) is 1.19. The van der Waals surface area contributed by atoms with Crippen LogP contribution in [-0.2, 0) is 4.79 Å². The average Bonchev–Trinajstić information content (AvgIpc) is 2.69. The summed E-state index contributed by atoms with van der Waals surface area (Å²) < 4.78 is 10.3. The third kappa shape index (κ3) is 4.90. The van der Waals surface area contributed by atoms with E-state index in [-0.39, 0.29) is 22.0 Å². The van der Waals surface area contributed by atoms with Crippen molar-refractivity contribution in [2.24, 2.45) is 0 Å². The molecule has 0 atom stereocenters. The van der Waals surface area contributed by atoms with Gasteiger partial charge >= 0.3 is 0 Å². The summed E-state index contributed by atoms with van der Waals surface area (Å²) in [7, 11) is 2.98. The second kappa shape index (κ2) is 9.25. The lowest BCUT2D eigenvalue weighted by atomic mass is 10.2. The zero-order valence-corrected chi connectivity index (χ0v) is 15.6. The predicted octanol–water partition coefficient (Wildman–Crippen LogP) is 3.72. The molecule has 0 aliphatic carbocycles. The van der Waals surface area contributed by atoms with Gasteiger partial charge in [0.05, 0.1) is 35.5 Å². The number of halogens is 1. The van der Waals surface area contributed by atoms with Crippen molar-refractivity contribution in [1.29, 1.82) is 5.26 Å². The minimum Gasteiger partial charge on any atom is -0.497 e. The maximum Gasteiger partial charge on any atom is 0.271 e. The summed E-state index contributed by atoms with van der Waals surface area (Å²) in [4.78, 5) is 22.6. The number of anilines is 2. The molecule has 0 aliphatic rings. The minimum absolute atomic E-state index is 0.0176. The Bertz CT molecular complexity index is 984. The smallest absolute Gasteiger partial charge is 0.271 e. The molecule has 28 heavy (non-hydrogen) atoms. The molecule has 0 saturated carbocycles. The van der Waals surface area contributed by atoms with Crippen LogP contribution in [0.5, 0.6) is 11.5 Å². The van der Waals surface area contributed by atoms with E-state index in [0.29, 0.717) is 17.2 Å². The molecule has 144 valence electrons. The average molecular weight is 403 g/mol. The van der Waals surface area contributed by atoms with Crippen LogP contribution in [0.15, 0.2) is 48.2 Å². The van der Waals surface area contributed by atoms with Gasteiger partial charge in [-0.15, -0.1) is 0 Å². The van der Waals surface area contributed by atoms with Crippen LogP contribution >= 0.6 is 11.6 Å². The fourth-order valence-electron chi connectivity index (χ4n) is 2.13. The molecule has 2 aromatic carbocycles. The van der Waals surface area contributed by atoms with E-state index in [0.717, 1.165) is 6.07 Å². The first kappa shape index (κ1) is 20.5. The first-order valence-corrected chi connectivity index (χ1v) is 8.11. The number of nitro groups is 1. The van der Waals surface area contributed by atoms with E-state index in [1.54, 1.807) is 24.3 Å². The fraction of sp³-hybridized carbons (Fsp3) is 0.111. The van der Waals surface area contributed by atoms with E-state index < -0.39 is 10.8 Å². The Labute approximate surface area is 165 Å². The predicted molar refractivity (Wildman–Crippen MR) is 104 cm³/mol. The Kier molecular flexibility index (Phi) is 6.79. The van der Waals surface area contributed by atoms with Crippen LogP contribution in [0.25, 0.3) is 0 Å². The van der Waals surface area contributed by atoms with Crippen molar-refractivity contribution in [1.82, 2.24) is 0 Å². The van der Waals surface area contributed by atoms with E-state index in [1.165, 1.54) is 32.6 Å². The molecule has 2 N–H and O–H groups in total. The molecule has 10 heteroatoms. The van der Waals surface area contributed by atoms with Crippen LogP contribution in [0.4, 0.5) is 17.1 Å². The van der Waals surface area contributed by atoms with Crippen molar-refractivity contribution in [3.63, 3.8) is 0 Å². The molecular formula is C18H15ClN4O5. The van der Waals surface area contributed by atoms with Crippen molar-refractivity contribution < 1.29 is 19.2 Å². The number of carbonyl (C=O) groups is 1. The number of non-ortho nitro benzene ring substituents is 1. The molecule has 1 amide bonds. The number of nitrogens with one attached hydrogen (secondary N) is 2. The van der Waals surface area contributed by atoms with E-state index in [4.69, 9.17) is 21.1 Å². The maximum atomic E-state index is 12.3. The Morgan fingerprint density at radius 1 is 1.21 bits per heavy atom. The Balaban J connectivity index is 2.21. The lowest BCUT2D eigenvalue weighted by molar-refractivity contribution is -0.384. The van der Waals surface area contributed by atoms with Gasteiger partial charge in [0.1, 0.15) is 23.1 Å². The van der Waals surface area contributed by atoms with Gasteiger partial charge in [0.15, 0.2) is 0 Å². The summed E-state index contributed by atoms with van der Waals surface area (Å²) in [5, 5.41) is 25.4. The van der Waals surface area contributed by atoms with Crippen LogP contribution in [0.2, 0.25) is 5.02 Å². The summed E-state index contributed by atoms with van der Waals surface area (Å²) in [5.41, 5.74) is -0.00926. The highest BCUT2D eigenvalue weighted by Crippen LogP contribution is 2.29. The van der Waals surface area contributed by atoms with Gasteiger partial charge in [-0.3, -0.25) is 14.9 Å². The van der Waals surface area contributed by atoms with E-state index >= 15 is 0 Å². The van der Waals surface area contributed by atoms with Crippen LogP contribution < -0.4 is 20.1 Å². The molecule has 2 aromatic rings. The number of benzene rings is 2. The summed E-state index contributed by atoms with van der Waals surface area (Å²) >= 11 is 5.95. The van der Waals surface area contributed by atoms with Gasteiger partial charge < -0.3 is 20.1 Å². The third-order valence-corrected chi connectivity index (χ3v) is 3.88. The maximum absolute atomic E-state index is 12.3. The van der Waals surface area contributed by atoms with Crippen molar-refractivity contribution in [2.45, 2.75) is 0 Å². The molecule has 0 aliphatic heterocycles. The highest BCUT2D eigenvalue weighted by Gasteiger charge is 2.15. The van der Waals surface area contributed by atoms with Gasteiger partial charge in [0.2, 0.25) is 0 Å². The molecule has 0 radical (unpaired) electrons. The highest BCUT2D eigenvalue weighted by molar-refractivity contribution is 6.34. The van der Waals surface area contributed by atoms with Crippen molar-refractivity contribution >= 4 is 34.6 Å². The van der Waals surface area contributed by atoms with Gasteiger partial charge in [-0.05, 0) is 18.2 Å². The molecule has 0 spiro atoms. The number of hydrogen-bond donors (Lipinski definition) is 2. The molecule has 0 heterocycles. The summed E-state index contributed by atoms with van der Waals surface area (Å²) in [6.45, 7) is 0. The minimum atomic E-state index is -0.787. The standard InChI is InChI=1S/C18H15ClN4O5/c1-27-13-4-6-15(17(8-13)28-2)21-10-11(9-20)18(24)22-16-7-12(23(25)26)3-5-14(16)19/h3-8,10,21H,1-2H3,(H,22,24)/b11-10-. The number of nitro benzene ring substituents is 1. The number of ether oxygens (including phenoxy) is 2. The second-order valence-electron chi connectivity index (χ2n) is 5.26. The number of nitrogens with zero attached hydrogens (tertiary/aromatic N) is 2. The lowest BCUT2D eigenvalue weighted by Crippen LogP contribution is -2.15. The second-order valence-corrected chi connectivity index (χ2v) is 5.66. The zero-order chi connectivity index (χ0) is 20.7. The number of rotatable bonds is 7. The molecule has 0 aromatic heterocycles. The number of nitriles is 1. The highest BCUT2D eigenvalue weighted by atomic mass is 35.5. The third-order valence-electron chi connectivity index (χ3n) is 3.55. The topological polar surface area (TPSA) is 127 Å². The van der Waals surface area contributed by atoms with Crippen molar-refractivity contribution in [3.8, 4) is 17.6 Å². The van der Waals surface area contributed by atoms with E-state index in [1.807, 2.05) is 0 Å². The molecule has 0 saturated heterocycles. The number of methoxy groups -OCH3 is 2. The number of amides is 1. The van der Waals surface area contributed by atoms with E-state index in [9.17, 15) is 20.2 Å². The van der Waals surface area contributed by atoms with Gasteiger partial charge in [-0.25, -0.2) is 0 Å². The SMILES string of the molecule is COc1ccc(N/C=C(/C#N)C(=O)Nc2cc([N+](=O)[O-])ccc2Cl)c(OC)c1. The van der Waals surface area contributed by atoms with Crippen LogP contribution in [0.3, 0.4) is 0 Å². The summed E-state index contributed by atoms with van der Waals surface area (Å²) in [5.74, 6) is 0.227. The van der Waals surface area contributed by atoms with Crippen LogP contribution in [0, 0.1) is 21.4 Å². The normalized spacial score (nSPS) is 10.6. The Hall–Kier alpha value is -3.77. The largest absolute Gasteiger partial charge is 0.497 e. The van der Waals surface area contributed by atoms with Crippen LogP contribution in [0.1, 0.15) is 0 Å².